The number of aliphatic hydroxyl groups excluding tert-OH is 1. The van der Waals surface area contributed by atoms with Crippen molar-refractivity contribution in [3.63, 3.8) is 0 Å². The molecule has 0 unspecified atom stereocenters. The van der Waals surface area contributed by atoms with Gasteiger partial charge in [-0.15, -0.1) is 0 Å². The first-order valence-corrected chi connectivity index (χ1v) is 5.51. The Morgan fingerprint density at radius 3 is 2.78 bits per heavy atom. The van der Waals surface area contributed by atoms with Crippen molar-refractivity contribution in [1.82, 2.24) is 4.90 Å². The van der Waals surface area contributed by atoms with Crippen LogP contribution in [0.4, 0.5) is 4.39 Å². The van der Waals surface area contributed by atoms with Crippen molar-refractivity contribution in [3.05, 3.63) is 41.2 Å². The summed E-state index contributed by atoms with van der Waals surface area (Å²) in [7, 11) is 1.79. The Morgan fingerprint density at radius 2 is 2.22 bits per heavy atom. The summed E-state index contributed by atoms with van der Waals surface area (Å²) >= 11 is 0. The van der Waals surface area contributed by atoms with Gasteiger partial charge in [-0.25, -0.2) is 9.18 Å². The van der Waals surface area contributed by atoms with Gasteiger partial charge in [0.15, 0.2) is 0 Å². The molecule has 1 aromatic carbocycles. The van der Waals surface area contributed by atoms with E-state index in [4.69, 9.17) is 10.2 Å². The van der Waals surface area contributed by atoms with Crippen molar-refractivity contribution in [3.8, 4) is 0 Å². The molecule has 1 rings (SSSR count). The molecule has 0 heterocycles. The van der Waals surface area contributed by atoms with Crippen LogP contribution in [0.1, 0.15) is 11.1 Å². The van der Waals surface area contributed by atoms with Gasteiger partial charge in [-0.05, 0) is 24.8 Å². The van der Waals surface area contributed by atoms with Crippen molar-refractivity contribution in [2.45, 2.75) is 6.54 Å². The largest absolute Gasteiger partial charge is 0.478 e. The summed E-state index contributed by atoms with van der Waals surface area (Å²) < 4.78 is 13.7. The van der Waals surface area contributed by atoms with Gasteiger partial charge in [-0.2, -0.15) is 0 Å². The summed E-state index contributed by atoms with van der Waals surface area (Å²) in [4.78, 5) is 12.1. The Hall–Kier alpha value is -1.72. The summed E-state index contributed by atoms with van der Waals surface area (Å²) in [5, 5.41) is 17.2. The fourth-order valence-electron chi connectivity index (χ4n) is 1.50. The molecule has 5 heteroatoms. The summed E-state index contributed by atoms with van der Waals surface area (Å²) in [6, 6.07) is 4.57. The first kappa shape index (κ1) is 14.3. The summed E-state index contributed by atoms with van der Waals surface area (Å²) in [5.74, 6) is -1.45. The van der Waals surface area contributed by atoms with Crippen LogP contribution in [0, 0.1) is 5.82 Å². The number of likely N-dealkylation sites (N-methyl/N-ethyl adjacent to an activating group) is 1. The highest BCUT2D eigenvalue weighted by Gasteiger charge is 2.05. The second kappa shape index (κ2) is 6.88. The van der Waals surface area contributed by atoms with Crippen LogP contribution in [0.25, 0.3) is 6.08 Å². The molecule has 0 fully saturated rings. The molecule has 18 heavy (non-hydrogen) atoms. The highest BCUT2D eigenvalue weighted by Crippen LogP contribution is 2.13. The summed E-state index contributed by atoms with van der Waals surface area (Å²) in [6.07, 6.45) is 2.30. The molecule has 0 aliphatic heterocycles. The zero-order valence-corrected chi connectivity index (χ0v) is 10.1. The van der Waals surface area contributed by atoms with E-state index in [0.717, 1.165) is 6.08 Å². The number of nitrogens with zero attached hydrogens (tertiary/aromatic N) is 1. The van der Waals surface area contributed by atoms with E-state index in [9.17, 15) is 9.18 Å². The Bertz CT molecular complexity index is 446. The van der Waals surface area contributed by atoms with Gasteiger partial charge in [0.25, 0.3) is 0 Å². The minimum absolute atomic E-state index is 0.0253. The first-order valence-electron chi connectivity index (χ1n) is 5.51. The molecule has 0 atom stereocenters. The van der Waals surface area contributed by atoms with Crippen LogP contribution in [0.5, 0.6) is 0 Å². The van der Waals surface area contributed by atoms with E-state index in [0.29, 0.717) is 24.2 Å². The molecule has 0 amide bonds. The number of rotatable bonds is 6. The zero-order chi connectivity index (χ0) is 13.5. The fraction of sp³-hybridized carbons (Fsp3) is 0.308. The number of aliphatic carboxylic acids is 1. The van der Waals surface area contributed by atoms with Crippen LogP contribution in [0.15, 0.2) is 24.3 Å². The quantitative estimate of drug-likeness (QED) is 0.751. The maximum atomic E-state index is 13.7. The van der Waals surface area contributed by atoms with Crippen molar-refractivity contribution < 1.29 is 19.4 Å². The monoisotopic (exact) mass is 253 g/mol. The normalized spacial score (nSPS) is 11.3. The fourth-order valence-corrected chi connectivity index (χ4v) is 1.50. The highest BCUT2D eigenvalue weighted by atomic mass is 19.1. The van der Waals surface area contributed by atoms with Crippen molar-refractivity contribution in [2.75, 3.05) is 20.2 Å². The molecule has 1 aromatic rings. The van der Waals surface area contributed by atoms with E-state index >= 15 is 0 Å². The van der Waals surface area contributed by atoms with Gasteiger partial charge in [0.1, 0.15) is 5.82 Å². The van der Waals surface area contributed by atoms with Gasteiger partial charge in [-0.1, -0.05) is 12.1 Å². The average molecular weight is 253 g/mol. The van der Waals surface area contributed by atoms with Crippen LogP contribution < -0.4 is 0 Å². The molecular formula is C13H16FNO3. The topological polar surface area (TPSA) is 60.8 Å². The Labute approximate surface area is 105 Å². The molecule has 0 radical (unpaired) electrons. The van der Waals surface area contributed by atoms with E-state index in [-0.39, 0.29) is 12.4 Å². The summed E-state index contributed by atoms with van der Waals surface area (Å²) in [5.41, 5.74) is 1.02. The van der Waals surface area contributed by atoms with Gasteiger partial charge in [0.2, 0.25) is 0 Å². The van der Waals surface area contributed by atoms with E-state index < -0.39 is 5.97 Å². The Kier molecular flexibility index (Phi) is 5.48. The number of carbonyl (C=O) groups is 1. The van der Waals surface area contributed by atoms with Crippen LogP contribution in [-0.4, -0.2) is 41.3 Å². The molecule has 98 valence electrons. The molecule has 2 N–H and O–H groups in total. The number of carboxylic acids is 1. The lowest BCUT2D eigenvalue weighted by atomic mass is 10.1. The lowest BCUT2D eigenvalue weighted by molar-refractivity contribution is -0.131. The molecule has 0 spiro atoms. The molecule has 0 saturated carbocycles. The average Bonchev–Trinajstić information content (AvgIpc) is 2.30. The molecule has 0 saturated heterocycles. The van der Waals surface area contributed by atoms with Crippen LogP contribution in [-0.2, 0) is 11.3 Å². The number of carboxylic acid groups (broad SMARTS) is 1. The molecule has 4 nitrogen and oxygen atoms in total. The Balaban J connectivity index is 2.76. The minimum atomic E-state index is -1.07. The van der Waals surface area contributed by atoms with Crippen LogP contribution in [0.3, 0.4) is 0 Å². The molecule has 0 aromatic heterocycles. The number of hydrogen-bond donors (Lipinski definition) is 2. The number of hydrogen-bond acceptors (Lipinski definition) is 3. The smallest absolute Gasteiger partial charge is 0.328 e. The van der Waals surface area contributed by atoms with Gasteiger partial charge in [0, 0.05) is 24.7 Å². The maximum absolute atomic E-state index is 13.7. The van der Waals surface area contributed by atoms with Crippen molar-refractivity contribution in [2.24, 2.45) is 0 Å². The number of aliphatic hydroxyl groups is 1. The first-order chi connectivity index (χ1) is 8.52. The molecule has 0 bridgehead atoms. The van der Waals surface area contributed by atoms with E-state index in [1.807, 2.05) is 0 Å². The van der Waals surface area contributed by atoms with E-state index in [2.05, 4.69) is 0 Å². The number of halogens is 1. The van der Waals surface area contributed by atoms with Crippen molar-refractivity contribution in [1.29, 1.82) is 0 Å². The lowest BCUT2D eigenvalue weighted by Gasteiger charge is -2.15. The third-order valence-electron chi connectivity index (χ3n) is 2.42. The Morgan fingerprint density at radius 1 is 1.50 bits per heavy atom. The van der Waals surface area contributed by atoms with E-state index in [1.165, 1.54) is 12.1 Å². The minimum Gasteiger partial charge on any atom is -0.478 e. The third kappa shape index (κ3) is 4.65. The predicted molar refractivity (Wildman–Crippen MR) is 66.5 cm³/mol. The van der Waals surface area contributed by atoms with Crippen LogP contribution in [0.2, 0.25) is 0 Å². The van der Waals surface area contributed by atoms with Crippen molar-refractivity contribution >= 4 is 12.0 Å². The molecule has 0 aliphatic rings. The highest BCUT2D eigenvalue weighted by molar-refractivity contribution is 5.85. The van der Waals surface area contributed by atoms with Gasteiger partial charge >= 0.3 is 5.97 Å². The summed E-state index contributed by atoms with van der Waals surface area (Å²) in [6.45, 7) is 0.896. The van der Waals surface area contributed by atoms with Gasteiger partial charge in [-0.3, -0.25) is 4.90 Å². The zero-order valence-electron chi connectivity index (χ0n) is 10.1. The standard InChI is InChI=1S/C13H16FNO3/c1-15(6-7-16)9-11-4-2-10(8-12(11)14)3-5-13(17)18/h2-5,8,16H,6-7,9H2,1H3,(H,17,18)/b5-3+. The maximum Gasteiger partial charge on any atom is 0.328 e. The van der Waals surface area contributed by atoms with Gasteiger partial charge in [0.05, 0.1) is 6.61 Å². The van der Waals surface area contributed by atoms with E-state index in [1.54, 1.807) is 24.1 Å². The third-order valence-corrected chi connectivity index (χ3v) is 2.42. The van der Waals surface area contributed by atoms with Crippen LogP contribution >= 0.6 is 0 Å². The van der Waals surface area contributed by atoms with Gasteiger partial charge < -0.3 is 10.2 Å². The second-order valence-corrected chi connectivity index (χ2v) is 3.98. The number of benzene rings is 1. The second-order valence-electron chi connectivity index (χ2n) is 3.98. The predicted octanol–water partition coefficient (Wildman–Crippen LogP) is 1.35. The lowest BCUT2D eigenvalue weighted by Crippen LogP contribution is -2.22. The SMILES string of the molecule is CN(CCO)Cc1ccc(/C=C/C(=O)O)cc1F. The molecular weight excluding hydrogens is 237 g/mol. The molecule has 0 aliphatic carbocycles.